The minimum atomic E-state index is -1.51. The first kappa shape index (κ1) is 44.0. The lowest BCUT2D eigenvalue weighted by Gasteiger charge is -2.32. The number of methoxy groups -OCH3 is 1. The second-order valence-corrected chi connectivity index (χ2v) is 13.9. The second-order valence-electron chi connectivity index (χ2n) is 13.9. The number of ether oxygens (including phenoxy) is 4. The summed E-state index contributed by atoms with van der Waals surface area (Å²) in [6.07, 6.45) is -0.948. The van der Waals surface area contributed by atoms with E-state index in [0.717, 1.165) is 12.0 Å². The normalized spacial score (nSPS) is 17.4. The number of carbonyl (C=O) groups is 8. The number of nitrogens with one attached hydrogen (secondary N) is 4. The van der Waals surface area contributed by atoms with Crippen molar-refractivity contribution in [1.29, 1.82) is 0 Å². The van der Waals surface area contributed by atoms with Crippen LogP contribution in [0, 0.1) is 0 Å². The van der Waals surface area contributed by atoms with E-state index in [9.17, 15) is 38.4 Å². The van der Waals surface area contributed by atoms with E-state index in [1.54, 1.807) is 32.9 Å². The number of likely N-dealkylation sites (N-methyl/N-ethyl adjacent to an activating group) is 1. The second kappa shape index (κ2) is 19.3. The Hall–Kier alpha value is -6.40. The maximum Gasteiger partial charge on any atom is 0.407 e. The highest BCUT2D eigenvalue weighted by Gasteiger charge is 2.36. The van der Waals surface area contributed by atoms with Gasteiger partial charge in [-0.25, -0.2) is 9.59 Å². The molecule has 1 aliphatic rings. The number of primary amides is 2. The molecule has 0 aliphatic carbocycles. The van der Waals surface area contributed by atoms with E-state index in [1.807, 2.05) is 0 Å². The zero-order valence-electron chi connectivity index (χ0n) is 32.3. The first-order valence-electron chi connectivity index (χ1n) is 17.5. The van der Waals surface area contributed by atoms with Crippen LogP contribution < -0.4 is 42.2 Å². The fourth-order valence-corrected chi connectivity index (χ4v) is 5.68. The number of carbonyl (C=O) groups excluding carboxylic acids is 8. The highest BCUT2D eigenvalue weighted by atomic mass is 16.6. The zero-order chi connectivity index (χ0) is 41.9. The number of fused-ring (bicyclic) bond motifs is 5. The molecule has 0 radical (unpaired) electrons. The van der Waals surface area contributed by atoms with Crippen molar-refractivity contribution in [3.63, 3.8) is 0 Å². The third-order valence-electron chi connectivity index (χ3n) is 8.15. The first-order chi connectivity index (χ1) is 26.2. The summed E-state index contributed by atoms with van der Waals surface area (Å²) < 4.78 is 21.7. The van der Waals surface area contributed by atoms with Crippen LogP contribution in [0.25, 0.3) is 11.1 Å². The first-order valence-corrected chi connectivity index (χ1v) is 17.5. The molecule has 2 aromatic rings. The van der Waals surface area contributed by atoms with Crippen LogP contribution in [0.5, 0.6) is 11.5 Å². The van der Waals surface area contributed by atoms with E-state index in [4.69, 9.17) is 30.4 Å². The van der Waals surface area contributed by atoms with Crippen LogP contribution >= 0.6 is 0 Å². The van der Waals surface area contributed by atoms with Crippen LogP contribution in [-0.4, -0.2) is 110 Å². The fraction of sp³-hybridized carbons (Fsp3) is 0.459. The minimum Gasteiger partial charge on any atom is -0.483 e. The predicted octanol–water partition coefficient (Wildman–Crippen LogP) is -0.281. The van der Waals surface area contributed by atoms with Gasteiger partial charge in [-0.05, 0) is 69.5 Å². The van der Waals surface area contributed by atoms with Gasteiger partial charge in [-0.3, -0.25) is 28.8 Å². The summed E-state index contributed by atoms with van der Waals surface area (Å²) in [7, 11) is 2.45. The quantitative estimate of drug-likeness (QED) is 0.143. The Morgan fingerprint density at radius 1 is 0.911 bits per heavy atom. The Balaban J connectivity index is 2.25. The number of amides is 7. The lowest BCUT2D eigenvalue weighted by Crippen LogP contribution is -2.55. The van der Waals surface area contributed by atoms with Gasteiger partial charge in [-0.2, -0.15) is 0 Å². The average molecular weight is 784 g/mol. The van der Waals surface area contributed by atoms with Crippen molar-refractivity contribution >= 4 is 47.5 Å². The van der Waals surface area contributed by atoms with Crippen LogP contribution in [-0.2, 0) is 49.5 Å². The van der Waals surface area contributed by atoms with Crippen molar-refractivity contribution in [2.75, 3.05) is 33.9 Å². The van der Waals surface area contributed by atoms with Gasteiger partial charge in [0.25, 0.3) is 11.8 Å². The summed E-state index contributed by atoms with van der Waals surface area (Å²) in [6.45, 7) is 6.40. The number of hydrogen-bond donors (Lipinski definition) is 6. The van der Waals surface area contributed by atoms with Crippen molar-refractivity contribution in [1.82, 2.24) is 26.2 Å². The minimum absolute atomic E-state index is 0.0735. The Morgan fingerprint density at radius 2 is 1.50 bits per heavy atom. The molecule has 2 aromatic carbocycles. The molecule has 304 valence electrons. The lowest BCUT2D eigenvalue weighted by atomic mass is 9.93. The molecule has 0 spiro atoms. The molecule has 0 aromatic heterocycles. The molecule has 19 heteroatoms. The average Bonchev–Trinajstić information content (AvgIpc) is 3.10. The molecule has 3 rings (SSSR count). The number of benzene rings is 2. The number of rotatable bonds is 13. The smallest absolute Gasteiger partial charge is 0.407 e. The van der Waals surface area contributed by atoms with Gasteiger partial charge in [0.05, 0.1) is 7.11 Å². The molecule has 56 heavy (non-hydrogen) atoms. The lowest BCUT2D eigenvalue weighted by molar-refractivity contribution is -0.145. The highest BCUT2D eigenvalue weighted by Crippen LogP contribution is 2.40. The molecule has 19 nitrogen and oxygen atoms in total. The Morgan fingerprint density at radius 3 is 2.05 bits per heavy atom. The monoisotopic (exact) mass is 783 g/mol. The van der Waals surface area contributed by atoms with Gasteiger partial charge < -0.3 is 56.6 Å². The molecule has 1 heterocycles. The van der Waals surface area contributed by atoms with E-state index >= 15 is 0 Å². The van der Waals surface area contributed by atoms with Crippen LogP contribution in [0.4, 0.5) is 4.79 Å². The van der Waals surface area contributed by atoms with Crippen molar-refractivity contribution in [3.05, 3.63) is 47.5 Å². The Kier molecular flexibility index (Phi) is 15.1. The predicted molar refractivity (Wildman–Crippen MR) is 198 cm³/mol. The maximum atomic E-state index is 14.3. The van der Waals surface area contributed by atoms with Crippen molar-refractivity contribution in [2.45, 2.75) is 77.2 Å². The van der Waals surface area contributed by atoms with Gasteiger partial charge >= 0.3 is 12.1 Å². The topological polar surface area (TPSA) is 277 Å². The summed E-state index contributed by atoms with van der Waals surface area (Å²) in [6, 6.07) is 3.77. The molecule has 1 aliphatic heterocycles. The van der Waals surface area contributed by atoms with Gasteiger partial charge in [-0.1, -0.05) is 12.1 Å². The highest BCUT2D eigenvalue weighted by molar-refractivity contribution is 5.96. The summed E-state index contributed by atoms with van der Waals surface area (Å²) in [4.78, 5) is 104. The van der Waals surface area contributed by atoms with Crippen LogP contribution in [0.2, 0.25) is 0 Å². The molecular weight excluding hydrogens is 734 g/mol. The summed E-state index contributed by atoms with van der Waals surface area (Å²) >= 11 is 0. The molecule has 0 saturated carbocycles. The van der Waals surface area contributed by atoms with Gasteiger partial charge in [-0.15, -0.1) is 0 Å². The van der Waals surface area contributed by atoms with Crippen LogP contribution in [0.15, 0.2) is 36.4 Å². The van der Waals surface area contributed by atoms with Crippen LogP contribution in [0.3, 0.4) is 0 Å². The third-order valence-corrected chi connectivity index (χ3v) is 8.15. The molecule has 0 saturated heterocycles. The number of nitrogens with zero attached hydrogens (tertiary/aromatic N) is 1. The van der Waals surface area contributed by atoms with Gasteiger partial charge in [0.15, 0.2) is 13.2 Å². The molecule has 4 atom stereocenters. The standard InChI is InChI=1S/C37H49N7O12/c1-19-32(48)43-26(35(51)53-7)15-21-8-10-27(54-17-29(38)46)23(14-21)24-16-22(9-11-28(24)55-18-30(39)47)31(33(49)41-19)44(6)34(50)25(42-20(2)45)12-13-40-36(52)56-37(3,4)5/h8-11,14,16,19,25-26,31H,12-13,15,17-18H2,1-7H3,(H2,38,46)(H2,39,47)(H,40,52)(H,41,49)(H,42,45)(H,43,48)/t19-,25-,26-,31-/m0/s1. The molecule has 0 fully saturated rings. The van der Waals surface area contributed by atoms with E-state index in [1.165, 1.54) is 45.2 Å². The van der Waals surface area contributed by atoms with Gasteiger partial charge in [0.1, 0.15) is 41.3 Å². The fourth-order valence-electron chi connectivity index (χ4n) is 5.68. The van der Waals surface area contributed by atoms with Gasteiger partial charge in [0, 0.05) is 38.1 Å². The molecule has 8 N–H and O–H groups in total. The van der Waals surface area contributed by atoms with Crippen molar-refractivity contribution < 1.29 is 57.3 Å². The molecule has 4 bridgehead atoms. The van der Waals surface area contributed by atoms with E-state index in [2.05, 4.69) is 21.3 Å². The van der Waals surface area contributed by atoms with Crippen molar-refractivity contribution in [3.8, 4) is 22.6 Å². The van der Waals surface area contributed by atoms with E-state index in [0.29, 0.717) is 5.56 Å². The summed E-state index contributed by atoms with van der Waals surface area (Å²) in [5.41, 5.74) is 11.0. The molecule has 7 amide bonds. The van der Waals surface area contributed by atoms with E-state index in [-0.39, 0.29) is 47.6 Å². The zero-order valence-corrected chi connectivity index (χ0v) is 32.3. The molecule has 0 unspecified atom stereocenters. The number of nitrogens with two attached hydrogens (primary N) is 2. The SMILES string of the molecule is COC(=O)[C@@H]1Cc2ccc(OCC(N)=O)c(c2)-c2cc(ccc2OCC(N)=O)[C@H](N(C)C(=O)[C@H](CCNC(=O)OC(C)(C)C)NC(C)=O)C(=O)N[C@@H](C)C(=O)N1. The largest absolute Gasteiger partial charge is 0.483 e. The third kappa shape index (κ3) is 12.6. The summed E-state index contributed by atoms with van der Waals surface area (Å²) in [5, 5.41) is 10.3. The Labute approximate surface area is 323 Å². The molecular formula is C37H49N7O12. The van der Waals surface area contributed by atoms with E-state index < -0.39 is 90.5 Å². The number of esters is 1. The van der Waals surface area contributed by atoms with Gasteiger partial charge in [0.2, 0.25) is 23.6 Å². The van der Waals surface area contributed by atoms with Crippen LogP contribution in [0.1, 0.15) is 58.2 Å². The Bertz CT molecular complexity index is 1840. The number of hydrogen-bond acceptors (Lipinski definition) is 12. The summed E-state index contributed by atoms with van der Waals surface area (Å²) in [5.74, 6) is -5.14. The maximum absolute atomic E-state index is 14.3. The van der Waals surface area contributed by atoms with Crippen molar-refractivity contribution in [2.24, 2.45) is 11.5 Å². The number of alkyl carbamates (subject to hydrolysis) is 1.